The molecule has 104 valence electrons. The summed E-state index contributed by atoms with van der Waals surface area (Å²) < 4.78 is 27.0. The molecule has 0 fully saturated rings. The Morgan fingerprint density at radius 1 is 1.25 bits per heavy atom. The molecule has 0 radical (unpaired) electrons. The van der Waals surface area contributed by atoms with Gasteiger partial charge in [0.25, 0.3) is 5.91 Å². The molecule has 1 heterocycles. The number of anilines is 2. The van der Waals surface area contributed by atoms with Crippen molar-refractivity contribution in [3.63, 3.8) is 0 Å². The summed E-state index contributed by atoms with van der Waals surface area (Å²) in [5, 5.41) is 2.46. The van der Waals surface area contributed by atoms with Crippen LogP contribution in [0.2, 0.25) is 0 Å². The molecular weight excluding hydrogens is 266 g/mol. The maximum atomic E-state index is 13.5. The normalized spacial score (nSPS) is 10.2. The standard InChI is InChI=1S/C13H12F2N4O/c1-7-3-2-4-11(17-7)18-13(20)8-5-9(14)12(19-16)10(15)6-8/h2-6,19H,16H2,1H3,(H,17,18,20). The van der Waals surface area contributed by atoms with Crippen LogP contribution < -0.4 is 16.6 Å². The van der Waals surface area contributed by atoms with Gasteiger partial charge in [0, 0.05) is 11.3 Å². The highest BCUT2D eigenvalue weighted by Crippen LogP contribution is 2.20. The highest BCUT2D eigenvalue weighted by atomic mass is 19.1. The van der Waals surface area contributed by atoms with Gasteiger partial charge in [-0.25, -0.2) is 13.8 Å². The first kappa shape index (κ1) is 13.9. The first-order chi connectivity index (χ1) is 9.51. The van der Waals surface area contributed by atoms with Gasteiger partial charge in [-0.2, -0.15) is 0 Å². The predicted molar refractivity (Wildman–Crippen MR) is 71.1 cm³/mol. The van der Waals surface area contributed by atoms with Crippen LogP contribution in [-0.4, -0.2) is 10.9 Å². The number of aryl methyl sites for hydroxylation is 1. The van der Waals surface area contributed by atoms with Gasteiger partial charge in [-0.3, -0.25) is 10.6 Å². The molecule has 4 N–H and O–H groups in total. The molecule has 7 heteroatoms. The van der Waals surface area contributed by atoms with E-state index in [9.17, 15) is 13.6 Å². The number of hydrogen-bond acceptors (Lipinski definition) is 4. The molecule has 20 heavy (non-hydrogen) atoms. The number of carbonyl (C=O) groups is 1. The number of halogens is 2. The minimum absolute atomic E-state index is 0.165. The molecule has 0 bridgehead atoms. The molecule has 1 amide bonds. The van der Waals surface area contributed by atoms with Gasteiger partial charge < -0.3 is 10.7 Å². The highest BCUT2D eigenvalue weighted by Gasteiger charge is 2.15. The van der Waals surface area contributed by atoms with E-state index in [4.69, 9.17) is 5.84 Å². The molecule has 5 nitrogen and oxygen atoms in total. The molecule has 0 atom stereocenters. The van der Waals surface area contributed by atoms with Gasteiger partial charge in [0.15, 0.2) is 11.6 Å². The lowest BCUT2D eigenvalue weighted by molar-refractivity contribution is 0.102. The summed E-state index contributed by atoms with van der Waals surface area (Å²) in [6.07, 6.45) is 0. The molecule has 1 aromatic carbocycles. The predicted octanol–water partition coefficient (Wildman–Crippen LogP) is 2.21. The smallest absolute Gasteiger partial charge is 0.257 e. The minimum atomic E-state index is -0.949. The van der Waals surface area contributed by atoms with Gasteiger partial charge in [-0.15, -0.1) is 0 Å². The maximum absolute atomic E-state index is 13.5. The molecule has 0 spiro atoms. The number of nitrogens with one attached hydrogen (secondary N) is 2. The topological polar surface area (TPSA) is 80.0 Å². The van der Waals surface area contributed by atoms with Crippen molar-refractivity contribution in [3.8, 4) is 0 Å². The van der Waals surface area contributed by atoms with E-state index in [0.29, 0.717) is 11.5 Å². The van der Waals surface area contributed by atoms with E-state index in [1.807, 2.05) is 5.43 Å². The summed E-state index contributed by atoms with van der Waals surface area (Å²) >= 11 is 0. The fourth-order valence-corrected chi connectivity index (χ4v) is 1.64. The summed E-state index contributed by atoms with van der Waals surface area (Å²) in [6.45, 7) is 1.76. The lowest BCUT2D eigenvalue weighted by atomic mass is 10.1. The number of aromatic nitrogens is 1. The minimum Gasteiger partial charge on any atom is -0.319 e. The van der Waals surface area contributed by atoms with Gasteiger partial charge in [0.1, 0.15) is 11.5 Å². The SMILES string of the molecule is Cc1cccc(NC(=O)c2cc(F)c(NN)c(F)c2)n1. The van der Waals surface area contributed by atoms with E-state index in [-0.39, 0.29) is 5.56 Å². The van der Waals surface area contributed by atoms with E-state index < -0.39 is 23.2 Å². The van der Waals surface area contributed by atoms with Crippen molar-refractivity contribution in [2.24, 2.45) is 5.84 Å². The Balaban J connectivity index is 2.26. The number of hydrazine groups is 1. The van der Waals surface area contributed by atoms with Crippen molar-refractivity contribution in [1.29, 1.82) is 0 Å². The first-order valence-electron chi connectivity index (χ1n) is 5.72. The molecule has 0 aliphatic carbocycles. The average molecular weight is 278 g/mol. The number of nitrogens with zero attached hydrogens (tertiary/aromatic N) is 1. The Bertz CT molecular complexity index is 638. The van der Waals surface area contributed by atoms with Crippen LogP contribution in [0.15, 0.2) is 30.3 Å². The maximum Gasteiger partial charge on any atom is 0.257 e. The second kappa shape index (κ2) is 5.62. The zero-order valence-corrected chi connectivity index (χ0v) is 10.6. The molecule has 0 aliphatic heterocycles. The summed E-state index contributed by atoms with van der Waals surface area (Å²) in [6, 6.07) is 6.83. The van der Waals surface area contributed by atoms with E-state index >= 15 is 0 Å². The Hall–Kier alpha value is -2.54. The molecule has 0 unspecified atom stereocenters. The number of nitrogen functional groups attached to an aromatic ring is 1. The zero-order valence-electron chi connectivity index (χ0n) is 10.6. The van der Waals surface area contributed by atoms with Crippen molar-refractivity contribution < 1.29 is 13.6 Å². The molecule has 1 aromatic heterocycles. The van der Waals surface area contributed by atoms with Crippen LogP contribution in [0.3, 0.4) is 0 Å². The average Bonchev–Trinajstić information content (AvgIpc) is 2.38. The summed E-state index contributed by atoms with van der Waals surface area (Å²) in [7, 11) is 0. The van der Waals surface area contributed by atoms with Gasteiger partial charge in [0.2, 0.25) is 0 Å². The fraction of sp³-hybridized carbons (Fsp3) is 0.0769. The number of rotatable bonds is 3. The number of pyridine rings is 1. The molecule has 0 saturated carbocycles. The summed E-state index contributed by atoms with van der Waals surface area (Å²) in [5.74, 6) is 2.72. The lowest BCUT2D eigenvalue weighted by Crippen LogP contribution is -2.16. The molecule has 0 saturated heterocycles. The van der Waals surface area contributed by atoms with Gasteiger partial charge in [0.05, 0.1) is 0 Å². The van der Waals surface area contributed by atoms with Gasteiger partial charge in [-0.1, -0.05) is 6.07 Å². The van der Waals surface area contributed by atoms with Crippen molar-refractivity contribution in [1.82, 2.24) is 4.98 Å². The van der Waals surface area contributed by atoms with Crippen LogP contribution >= 0.6 is 0 Å². The Labute approximate surface area is 113 Å². The first-order valence-corrected chi connectivity index (χ1v) is 5.72. The molecular formula is C13H12F2N4O. The van der Waals surface area contributed by atoms with Crippen LogP contribution in [0.5, 0.6) is 0 Å². The lowest BCUT2D eigenvalue weighted by Gasteiger charge is -2.08. The quantitative estimate of drug-likeness (QED) is 0.594. The van der Waals surface area contributed by atoms with Crippen LogP contribution in [-0.2, 0) is 0 Å². The Morgan fingerprint density at radius 3 is 2.45 bits per heavy atom. The van der Waals surface area contributed by atoms with Gasteiger partial charge >= 0.3 is 0 Å². The number of amides is 1. The number of carbonyl (C=O) groups excluding carboxylic acids is 1. The second-order valence-electron chi connectivity index (χ2n) is 4.08. The highest BCUT2D eigenvalue weighted by molar-refractivity contribution is 6.04. The Kier molecular flexibility index (Phi) is 3.90. The summed E-state index contributed by atoms with van der Waals surface area (Å²) in [5.41, 5.74) is 1.95. The number of hydrogen-bond donors (Lipinski definition) is 3. The van der Waals surface area contributed by atoms with E-state index in [0.717, 1.165) is 12.1 Å². The van der Waals surface area contributed by atoms with E-state index in [1.165, 1.54) is 0 Å². The van der Waals surface area contributed by atoms with Crippen LogP contribution in [0.4, 0.5) is 20.3 Å². The Morgan fingerprint density at radius 2 is 1.90 bits per heavy atom. The van der Waals surface area contributed by atoms with Crippen LogP contribution in [0, 0.1) is 18.6 Å². The van der Waals surface area contributed by atoms with Gasteiger partial charge in [-0.05, 0) is 31.2 Å². The molecule has 2 aromatic rings. The third-order valence-electron chi connectivity index (χ3n) is 2.58. The van der Waals surface area contributed by atoms with E-state index in [1.54, 1.807) is 25.1 Å². The molecule has 2 rings (SSSR count). The number of nitrogens with two attached hydrogens (primary N) is 1. The fourth-order valence-electron chi connectivity index (χ4n) is 1.64. The van der Waals surface area contributed by atoms with Crippen LogP contribution in [0.25, 0.3) is 0 Å². The monoisotopic (exact) mass is 278 g/mol. The zero-order chi connectivity index (χ0) is 14.7. The summed E-state index contributed by atoms with van der Waals surface area (Å²) in [4.78, 5) is 16.0. The van der Waals surface area contributed by atoms with E-state index in [2.05, 4.69) is 10.3 Å². The number of benzene rings is 1. The third kappa shape index (κ3) is 2.89. The molecule has 0 aliphatic rings. The second-order valence-corrected chi connectivity index (χ2v) is 4.08. The van der Waals surface area contributed by atoms with Crippen molar-refractivity contribution in [3.05, 3.63) is 53.2 Å². The van der Waals surface area contributed by atoms with Crippen molar-refractivity contribution in [2.75, 3.05) is 10.7 Å². The van der Waals surface area contributed by atoms with Crippen molar-refractivity contribution in [2.45, 2.75) is 6.92 Å². The largest absolute Gasteiger partial charge is 0.319 e. The van der Waals surface area contributed by atoms with Crippen molar-refractivity contribution >= 4 is 17.4 Å². The van der Waals surface area contributed by atoms with Crippen LogP contribution in [0.1, 0.15) is 16.1 Å². The third-order valence-corrected chi connectivity index (χ3v) is 2.58.